The molecule has 2 heterocycles. The molecule has 3 rings (SSSR count). The first-order valence-electron chi connectivity index (χ1n) is 7.85. The Balaban J connectivity index is 1.62. The maximum atomic E-state index is 5.99. The fraction of sp³-hybridized carbons (Fsp3) is 0.412. The normalized spacial score (nSPS) is 15.7. The molecule has 1 saturated heterocycles. The third-order valence-electron chi connectivity index (χ3n) is 4.21. The Bertz CT molecular complexity index is 668. The lowest BCUT2D eigenvalue weighted by Gasteiger charge is -2.36. The van der Waals surface area contributed by atoms with E-state index in [-0.39, 0.29) is 0 Å². The molecule has 2 aromatic rings. The third-order valence-corrected chi connectivity index (χ3v) is 4.21. The van der Waals surface area contributed by atoms with Crippen LogP contribution < -0.4 is 15.4 Å². The molecular weight excluding hydrogens is 290 g/mol. The van der Waals surface area contributed by atoms with Crippen molar-refractivity contribution in [2.45, 2.75) is 13.5 Å². The van der Waals surface area contributed by atoms with Crippen LogP contribution in [0.3, 0.4) is 0 Å². The minimum Gasteiger partial charge on any atom is -0.495 e. The average Bonchev–Trinajstić information content (AvgIpc) is 2.58. The van der Waals surface area contributed by atoms with Crippen molar-refractivity contribution in [1.29, 1.82) is 0 Å². The number of hydrogen-bond acceptors (Lipinski definition) is 6. The first-order valence-corrected chi connectivity index (χ1v) is 7.85. The molecule has 1 aromatic heterocycles. The van der Waals surface area contributed by atoms with E-state index < -0.39 is 0 Å². The van der Waals surface area contributed by atoms with E-state index >= 15 is 0 Å². The van der Waals surface area contributed by atoms with E-state index in [2.05, 4.69) is 31.9 Å². The van der Waals surface area contributed by atoms with Crippen LogP contribution in [0.25, 0.3) is 0 Å². The van der Waals surface area contributed by atoms with Gasteiger partial charge < -0.3 is 15.4 Å². The second-order valence-corrected chi connectivity index (χ2v) is 5.76. The van der Waals surface area contributed by atoms with E-state index in [0.29, 0.717) is 11.6 Å². The number of ether oxygens (including phenoxy) is 1. The molecule has 23 heavy (non-hydrogen) atoms. The Morgan fingerprint density at radius 3 is 2.61 bits per heavy atom. The van der Waals surface area contributed by atoms with Gasteiger partial charge in [0, 0.05) is 44.5 Å². The summed E-state index contributed by atoms with van der Waals surface area (Å²) >= 11 is 0. The van der Waals surface area contributed by atoms with Crippen LogP contribution in [0.5, 0.6) is 5.75 Å². The molecule has 0 atom stereocenters. The Kier molecular flexibility index (Phi) is 4.62. The Morgan fingerprint density at radius 1 is 1.17 bits per heavy atom. The number of nitrogens with two attached hydrogens (primary N) is 1. The Labute approximate surface area is 136 Å². The second kappa shape index (κ2) is 6.83. The van der Waals surface area contributed by atoms with E-state index in [1.165, 1.54) is 0 Å². The van der Waals surface area contributed by atoms with E-state index in [9.17, 15) is 0 Å². The number of nitrogen functional groups attached to an aromatic ring is 1. The summed E-state index contributed by atoms with van der Waals surface area (Å²) in [5.41, 5.74) is 8.15. The van der Waals surface area contributed by atoms with E-state index in [4.69, 9.17) is 10.5 Å². The van der Waals surface area contributed by atoms with Crippen LogP contribution >= 0.6 is 0 Å². The van der Waals surface area contributed by atoms with Gasteiger partial charge in [0.1, 0.15) is 17.4 Å². The molecular formula is C17H23N5O. The monoisotopic (exact) mass is 313 g/mol. The number of piperazine rings is 1. The quantitative estimate of drug-likeness (QED) is 0.926. The number of nitrogens with zero attached hydrogens (tertiary/aromatic N) is 4. The molecule has 122 valence electrons. The average molecular weight is 313 g/mol. The molecule has 0 amide bonds. The number of anilines is 2. The topological polar surface area (TPSA) is 67.5 Å². The lowest BCUT2D eigenvalue weighted by atomic mass is 10.2. The van der Waals surface area contributed by atoms with Crippen molar-refractivity contribution in [2.75, 3.05) is 43.9 Å². The van der Waals surface area contributed by atoms with Gasteiger partial charge in [-0.2, -0.15) is 0 Å². The molecule has 6 heteroatoms. The van der Waals surface area contributed by atoms with Crippen LogP contribution in [0.1, 0.15) is 11.4 Å². The summed E-state index contributed by atoms with van der Waals surface area (Å²) in [6, 6.07) is 8.17. The highest BCUT2D eigenvalue weighted by Crippen LogP contribution is 2.28. The van der Waals surface area contributed by atoms with Crippen LogP contribution in [-0.2, 0) is 6.54 Å². The standard InChI is InChI=1S/C17H23N5O/c1-13-19-11-14(17(18)20-13)12-21-7-9-22(10-8-21)15-5-3-4-6-16(15)23-2/h3-6,11H,7-10,12H2,1-2H3,(H2,18,19,20). The number of rotatable bonds is 4. The fourth-order valence-electron chi connectivity index (χ4n) is 2.91. The van der Waals surface area contributed by atoms with Crippen LogP contribution in [0.4, 0.5) is 11.5 Å². The molecule has 1 aliphatic heterocycles. The summed E-state index contributed by atoms with van der Waals surface area (Å²) in [5.74, 6) is 2.23. The van der Waals surface area contributed by atoms with Gasteiger partial charge in [-0.1, -0.05) is 12.1 Å². The number of benzene rings is 1. The van der Waals surface area contributed by atoms with Gasteiger partial charge in [0.05, 0.1) is 12.8 Å². The van der Waals surface area contributed by atoms with Gasteiger partial charge in [-0.05, 0) is 19.1 Å². The van der Waals surface area contributed by atoms with Crippen LogP contribution in [0.15, 0.2) is 30.5 Å². The van der Waals surface area contributed by atoms with Crippen molar-refractivity contribution in [3.63, 3.8) is 0 Å². The maximum absolute atomic E-state index is 5.99. The van der Waals surface area contributed by atoms with Gasteiger partial charge in [0.15, 0.2) is 0 Å². The zero-order chi connectivity index (χ0) is 16.2. The highest BCUT2D eigenvalue weighted by Gasteiger charge is 2.20. The zero-order valence-electron chi connectivity index (χ0n) is 13.7. The predicted molar refractivity (Wildman–Crippen MR) is 91.7 cm³/mol. The molecule has 1 aliphatic rings. The molecule has 2 N–H and O–H groups in total. The number of aryl methyl sites for hydroxylation is 1. The van der Waals surface area contributed by atoms with Gasteiger partial charge in [-0.3, -0.25) is 4.90 Å². The summed E-state index contributed by atoms with van der Waals surface area (Å²) in [6.45, 7) is 6.54. The van der Waals surface area contributed by atoms with Crippen LogP contribution in [0.2, 0.25) is 0 Å². The van der Waals surface area contributed by atoms with Crippen molar-refractivity contribution in [1.82, 2.24) is 14.9 Å². The molecule has 1 fully saturated rings. The molecule has 0 unspecified atom stereocenters. The fourth-order valence-corrected chi connectivity index (χ4v) is 2.91. The maximum Gasteiger partial charge on any atom is 0.142 e. The Hall–Kier alpha value is -2.34. The molecule has 0 aliphatic carbocycles. The lowest BCUT2D eigenvalue weighted by Crippen LogP contribution is -2.46. The Morgan fingerprint density at radius 2 is 1.91 bits per heavy atom. The lowest BCUT2D eigenvalue weighted by molar-refractivity contribution is 0.249. The minimum absolute atomic E-state index is 0.588. The highest BCUT2D eigenvalue weighted by atomic mass is 16.5. The molecule has 0 bridgehead atoms. The number of aromatic nitrogens is 2. The minimum atomic E-state index is 0.588. The van der Waals surface area contributed by atoms with E-state index in [1.54, 1.807) is 7.11 Å². The van der Waals surface area contributed by atoms with Crippen molar-refractivity contribution >= 4 is 11.5 Å². The first kappa shape index (κ1) is 15.6. The van der Waals surface area contributed by atoms with Crippen molar-refractivity contribution in [2.24, 2.45) is 0 Å². The van der Waals surface area contributed by atoms with Crippen molar-refractivity contribution in [3.05, 3.63) is 41.9 Å². The van der Waals surface area contributed by atoms with E-state index in [0.717, 1.165) is 49.7 Å². The van der Waals surface area contributed by atoms with Gasteiger partial charge in [-0.25, -0.2) is 9.97 Å². The second-order valence-electron chi connectivity index (χ2n) is 5.76. The molecule has 1 aromatic carbocycles. The van der Waals surface area contributed by atoms with Gasteiger partial charge in [-0.15, -0.1) is 0 Å². The number of hydrogen-bond donors (Lipinski definition) is 1. The van der Waals surface area contributed by atoms with Crippen LogP contribution in [0, 0.1) is 6.92 Å². The largest absolute Gasteiger partial charge is 0.495 e. The highest BCUT2D eigenvalue weighted by molar-refractivity contribution is 5.58. The molecule has 0 radical (unpaired) electrons. The summed E-state index contributed by atoms with van der Waals surface area (Å²) in [5, 5.41) is 0. The smallest absolute Gasteiger partial charge is 0.142 e. The third kappa shape index (κ3) is 3.53. The predicted octanol–water partition coefficient (Wildman–Crippen LogP) is 1.70. The van der Waals surface area contributed by atoms with E-state index in [1.807, 2.05) is 25.3 Å². The van der Waals surface area contributed by atoms with Crippen molar-refractivity contribution < 1.29 is 4.74 Å². The summed E-state index contributed by atoms with van der Waals surface area (Å²) in [7, 11) is 1.72. The SMILES string of the molecule is COc1ccccc1N1CCN(Cc2cnc(C)nc2N)CC1. The van der Waals surface area contributed by atoms with Crippen molar-refractivity contribution in [3.8, 4) is 5.75 Å². The number of methoxy groups -OCH3 is 1. The molecule has 6 nitrogen and oxygen atoms in total. The summed E-state index contributed by atoms with van der Waals surface area (Å²) in [4.78, 5) is 13.2. The van der Waals surface area contributed by atoms with Gasteiger partial charge in [0.25, 0.3) is 0 Å². The van der Waals surface area contributed by atoms with Gasteiger partial charge >= 0.3 is 0 Å². The first-order chi connectivity index (χ1) is 11.2. The van der Waals surface area contributed by atoms with Gasteiger partial charge in [0.2, 0.25) is 0 Å². The molecule has 0 spiro atoms. The number of para-hydroxylation sites is 2. The zero-order valence-corrected chi connectivity index (χ0v) is 13.7. The summed E-state index contributed by atoms with van der Waals surface area (Å²) in [6.07, 6.45) is 1.84. The summed E-state index contributed by atoms with van der Waals surface area (Å²) < 4.78 is 5.46. The van der Waals surface area contributed by atoms with Crippen LogP contribution in [-0.4, -0.2) is 48.2 Å². The molecule has 0 saturated carbocycles.